The van der Waals surface area contributed by atoms with Gasteiger partial charge in [-0.1, -0.05) is 6.07 Å². The minimum absolute atomic E-state index is 0.235. The molecule has 1 heterocycles. The Labute approximate surface area is 101 Å². The maximum Gasteiger partial charge on any atom is 0.165 e. The molecule has 0 amide bonds. The van der Waals surface area contributed by atoms with Crippen LogP contribution in [0.2, 0.25) is 0 Å². The summed E-state index contributed by atoms with van der Waals surface area (Å²) in [5.74, 6) is -0.152. The quantitative estimate of drug-likeness (QED) is 0.784. The predicted octanol–water partition coefficient (Wildman–Crippen LogP) is 3.66. The zero-order valence-corrected chi connectivity index (χ0v) is 10.2. The van der Waals surface area contributed by atoms with Crippen LogP contribution in [-0.2, 0) is 0 Å². The summed E-state index contributed by atoms with van der Waals surface area (Å²) >= 11 is 3.28. The van der Waals surface area contributed by atoms with Crippen molar-refractivity contribution in [3.63, 3.8) is 0 Å². The van der Waals surface area contributed by atoms with Crippen molar-refractivity contribution in [1.82, 2.24) is 4.98 Å². The molecule has 0 atom stereocenters. The van der Waals surface area contributed by atoms with Gasteiger partial charge in [-0.25, -0.2) is 9.37 Å². The Morgan fingerprint density at radius 1 is 1.25 bits per heavy atom. The van der Waals surface area contributed by atoms with Gasteiger partial charge in [0.2, 0.25) is 0 Å². The average molecular weight is 282 g/mol. The van der Waals surface area contributed by atoms with Gasteiger partial charge in [0.15, 0.2) is 11.6 Å². The Morgan fingerprint density at radius 2 is 2.06 bits per heavy atom. The molecule has 0 saturated carbocycles. The van der Waals surface area contributed by atoms with Crippen LogP contribution in [0.1, 0.15) is 0 Å². The summed E-state index contributed by atoms with van der Waals surface area (Å²) in [6.45, 7) is 0. The van der Waals surface area contributed by atoms with Gasteiger partial charge in [0, 0.05) is 5.56 Å². The third kappa shape index (κ3) is 2.22. The first-order chi connectivity index (χ1) is 7.70. The highest BCUT2D eigenvalue weighted by Crippen LogP contribution is 2.24. The van der Waals surface area contributed by atoms with Crippen molar-refractivity contribution < 1.29 is 9.13 Å². The van der Waals surface area contributed by atoms with Gasteiger partial charge >= 0.3 is 0 Å². The van der Waals surface area contributed by atoms with Gasteiger partial charge in [0.25, 0.3) is 0 Å². The van der Waals surface area contributed by atoms with E-state index in [2.05, 4.69) is 20.9 Å². The van der Waals surface area contributed by atoms with E-state index in [-0.39, 0.29) is 11.6 Å². The molecule has 4 heteroatoms. The summed E-state index contributed by atoms with van der Waals surface area (Å²) in [6.07, 6.45) is 0. The lowest BCUT2D eigenvalue weighted by Gasteiger charge is -2.05. The molecule has 0 aliphatic heterocycles. The third-order valence-corrected chi connectivity index (χ3v) is 2.60. The smallest absolute Gasteiger partial charge is 0.165 e. The van der Waals surface area contributed by atoms with Crippen LogP contribution in [0, 0.1) is 5.82 Å². The molecule has 0 bridgehead atoms. The van der Waals surface area contributed by atoms with E-state index in [9.17, 15) is 4.39 Å². The van der Waals surface area contributed by atoms with E-state index >= 15 is 0 Å². The lowest BCUT2D eigenvalue weighted by Crippen LogP contribution is -1.90. The highest BCUT2D eigenvalue weighted by molar-refractivity contribution is 9.10. The van der Waals surface area contributed by atoms with E-state index in [0.29, 0.717) is 0 Å². The van der Waals surface area contributed by atoms with Gasteiger partial charge < -0.3 is 4.74 Å². The Bertz CT molecular complexity index is 516. The number of ether oxygens (including phenoxy) is 1. The molecule has 1 aromatic heterocycles. The molecule has 0 aliphatic carbocycles. The van der Waals surface area contributed by atoms with Crippen molar-refractivity contribution >= 4 is 15.9 Å². The molecule has 0 fully saturated rings. The Hall–Kier alpha value is -1.42. The normalized spacial score (nSPS) is 10.2. The summed E-state index contributed by atoms with van der Waals surface area (Å²) in [6, 6.07) is 10.3. The maximum atomic E-state index is 13.5. The molecule has 0 spiro atoms. The first-order valence-electron chi connectivity index (χ1n) is 4.67. The molecule has 2 aromatic rings. The van der Waals surface area contributed by atoms with Gasteiger partial charge in [0.05, 0.1) is 12.8 Å². The molecular formula is C12H9BrFNO. The van der Waals surface area contributed by atoms with Gasteiger partial charge in [-0.05, 0) is 46.3 Å². The van der Waals surface area contributed by atoms with E-state index in [4.69, 9.17) is 4.74 Å². The lowest BCUT2D eigenvalue weighted by molar-refractivity contribution is 0.386. The van der Waals surface area contributed by atoms with E-state index < -0.39 is 0 Å². The van der Waals surface area contributed by atoms with Crippen LogP contribution in [0.15, 0.2) is 41.0 Å². The second-order valence-electron chi connectivity index (χ2n) is 3.19. The first kappa shape index (κ1) is 11.1. The molecule has 0 saturated heterocycles. The number of aromatic nitrogens is 1. The van der Waals surface area contributed by atoms with E-state index in [1.54, 1.807) is 12.1 Å². The average Bonchev–Trinajstić information content (AvgIpc) is 2.29. The number of benzene rings is 1. The van der Waals surface area contributed by atoms with Crippen molar-refractivity contribution in [2.24, 2.45) is 0 Å². The fourth-order valence-corrected chi connectivity index (χ4v) is 1.74. The number of hydrogen-bond donors (Lipinski definition) is 0. The van der Waals surface area contributed by atoms with Crippen LogP contribution in [0.25, 0.3) is 11.3 Å². The van der Waals surface area contributed by atoms with Crippen molar-refractivity contribution in [3.8, 4) is 17.0 Å². The summed E-state index contributed by atoms with van der Waals surface area (Å²) < 4.78 is 19.1. The highest BCUT2D eigenvalue weighted by Gasteiger charge is 2.06. The monoisotopic (exact) mass is 281 g/mol. The van der Waals surface area contributed by atoms with Crippen LogP contribution in [-0.4, -0.2) is 12.1 Å². The molecule has 82 valence electrons. The van der Waals surface area contributed by atoms with Gasteiger partial charge in [-0.15, -0.1) is 0 Å². The van der Waals surface area contributed by atoms with Gasteiger partial charge in [0.1, 0.15) is 4.60 Å². The van der Waals surface area contributed by atoms with Crippen LogP contribution in [0.5, 0.6) is 5.75 Å². The highest BCUT2D eigenvalue weighted by atomic mass is 79.9. The van der Waals surface area contributed by atoms with Crippen LogP contribution < -0.4 is 4.74 Å². The molecule has 1 aromatic carbocycles. The molecule has 0 unspecified atom stereocenters. The molecule has 0 aliphatic rings. The fourth-order valence-electron chi connectivity index (χ4n) is 1.39. The second-order valence-corrected chi connectivity index (χ2v) is 4.01. The van der Waals surface area contributed by atoms with Crippen molar-refractivity contribution in [2.45, 2.75) is 0 Å². The Balaban J connectivity index is 2.45. The van der Waals surface area contributed by atoms with Crippen LogP contribution in [0.4, 0.5) is 4.39 Å². The van der Waals surface area contributed by atoms with Crippen molar-refractivity contribution in [1.29, 1.82) is 0 Å². The summed E-state index contributed by atoms with van der Waals surface area (Å²) in [5.41, 5.74) is 1.44. The minimum Gasteiger partial charge on any atom is -0.494 e. The molecule has 16 heavy (non-hydrogen) atoms. The zero-order chi connectivity index (χ0) is 11.5. The van der Waals surface area contributed by atoms with Gasteiger partial charge in [-0.2, -0.15) is 0 Å². The van der Waals surface area contributed by atoms with E-state index in [1.165, 1.54) is 13.2 Å². The number of pyridine rings is 1. The number of rotatable bonds is 2. The molecule has 2 rings (SSSR count). The molecule has 0 N–H and O–H groups in total. The minimum atomic E-state index is -0.387. The standard InChI is InChI=1S/C12H9BrFNO/c1-16-11-6-5-8(7-9(11)14)10-3-2-4-12(13)15-10/h2-7H,1H3. The zero-order valence-electron chi connectivity index (χ0n) is 8.58. The summed E-state index contributed by atoms with van der Waals surface area (Å²) in [7, 11) is 1.44. The Kier molecular flexibility index (Phi) is 3.19. The second kappa shape index (κ2) is 4.61. The number of methoxy groups -OCH3 is 1. The Morgan fingerprint density at radius 3 is 2.69 bits per heavy atom. The fraction of sp³-hybridized carbons (Fsp3) is 0.0833. The predicted molar refractivity (Wildman–Crippen MR) is 63.9 cm³/mol. The molecule has 2 nitrogen and oxygen atoms in total. The number of hydrogen-bond acceptors (Lipinski definition) is 2. The topological polar surface area (TPSA) is 22.1 Å². The van der Waals surface area contributed by atoms with Crippen LogP contribution >= 0.6 is 15.9 Å². The first-order valence-corrected chi connectivity index (χ1v) is 5.46. The van der Waals surface area contributed by atoms with Crippen molar-refractivity contribution in [3.05, 3.63) is 46.8 Å². The van der Waals surface area contributed by atoms with Crippen molar-refractivity contribution in [2.75, 3.05) is 7.11 Å². The summed E-state index contributed by atoms with van der Waals surface area (Å²) in [5, 5.41) is 0. The van der Waals surface area contributed by atoms with Crippen LogP contribution in [0.3, 0.4) is 0 Å². The maximum absolute atomic E-state index is 13.5. The number of halogens is 2. The molecule has 0 radical (unpaired) electrons. The largest absolute Gasteiger partial charge is 0.494 e. The summed E-state index contributed by atoms with van der Waals surface area (Å²) in [4.78, 5) is 4.25. The van der Waals surface area contributed by atoms with Gasteiger partial charge in [-0.3, -0.25) is 0 Å². The lowest BCUT2D eigenvalue weighted by atomic mass is 10.1. The van der Waals surface area contributed by atoms with E-state index in [1.807, 2.05) is 18.2 Å². The SMILES string of the molecule is COc1ccc(-c2cccc(Br)n2)cc1F. The van der Waals surface area contributed by atoms with E-state index in [0.717, 1.165) is 15.9 Å². The number of nitrogens with zero attached hydrogens (tertiary/aromatic N) is 1. The third-order valence-electron chi connectivity index (χ3n) is 2.16. The molecular weight excluding hydrogens is 273 g/mol.